The second kappa shape index (κ2) is 4.37. The van der Waals surface area contributed by atoms with E-state index in [1.165, 1.54) is 12.1 Å². The van der Waals surface area contributed by atoms with Gasteiger partial charge >= 0.3 is 0 Å². The third-order valence-corrected chi connectivity index (χ3v) is 2.98. The molecule has 0 radical (unpaired) electrons. The number of rotatable bonds is 1. The molecule has 0 aliphatic carbocycles. The van der Waals surface area contributed by atoms with Crippen LogP contribution in [0.15, 0.2) is 18.3 Å². The number of hydrogen-bond donors (Lipinski definition) is 2. The van der Waals surface area contributed by atoms with Crippen LogP contribution in [0.4, 0.5) is 8.78 Å². The van der Waals surface area contributed by atoms with Crippen LogP contribution in [0.3, 0.4) is 0 Å². The van der Waals surface area contributed by atoms with E-state index in [0.29, 0.717) is 0 Å². The number of halogens is 2. The Morgan fingerprint density at radius 1 is 1.47 bits per heavy atom. The van der Waals surface area contributed by atoms with Crippen LogP contribution in [-0.2, 0) is 0 Å². The lowest BCUT2D eigenvalue weighted by Gasteiger charge is -2.21. The van der Waals surface area contributed by atoms with Crippen molar-refractivity contribution in [2.75, 3.05) is 13.6 Å². The normalized spacial score (nSPS) is 25.1. The Labute approximate surface area is 97.5 Å². The van der Waals surface area contributed by atoms with Gasteiger partial charge in [-0.1, -0.05) is 0 Å². The van der Waals surface area contributed by atoms with Crippen molar-refractivity contribution in [3.63, 3.8) is 0 Å². The van der Waals surface area contributed by atoms with Crippen molar-refractivity contribution in [2.45, 2.75) is 18.6 Å². The number of aromatic nitrogens is 1. The monoisotopic (exact) mass is 240 g/mol. The van der Waals surface area contributed by atoms with Crippen molar-refractivity contribution in [3.05, 3.63) is 29.6 Å². The lowest BCUT2D eigenvalue weighted by Crippen LogP contribution is -2.40. The van der Waals surface area contributed by atoms with E-state index in [1.54, 1.807) is 11.9 Å². The van der Waals surface area contributed by atoms with Gasteiger partial charge in [0.25, 0.3) is 0 Å². The average molecular weight is 240 g/mol. The summed E-state index contributed by atoms with van der Waals surface area (Å²) in [6.07, 6.45) is 0.344. The van der Waals surface area contributed by atoms with Crippen LogP contribution in [0.2, 0.25) is 0 Å². The number of likely N-dealkylation sites (tertiary alicyclic amines) is 1. The smallest absolute Gasteiger partial charge is 0.140 e. The van der Waals surface area contributed by atoms with Gasteiger partial charge in [0.1, 0.15) is 23.3 Å². The minimum absolute atomic E-state index is 0.0205. The quantitative estimate of drug-likeness (QED) is 0.558. The number of likely N-dealkylation sites (N-methyl/N-ethyl adjacent to an activating group) is 1. The van der Waals surface area contributed by atoms with Gasteiger partial charge in [-0.05, 0) is 19.2 Å². The summed E-state index contributed by atoms with van der Waals surface area (Å²) in [5.41, 5.74) is 0.0205. The van der Waals surface area contributed by atoms with E-state index in [1.807, 2.05) is 0 Å². The number of nitrogens with one attached hydrogen (secondary N) is 2. The molecule has 17 heavy (non-hydrogen) atoms. The SMILES string of the molecule is CN1C[C@H](F)C[C@H]1C(=N)n1cc(F)ccc1=N. The first-order chi connectivity index (χ1) is 7.99. The van der Waals surface area contributed by atoms with Gasteiger partial charge in [-0.15, -0.1) is 0 Å². The fraction of sp³-hybridized carbons (Fsp3) is 0.455. The largest absolute Gasteiger partial charge is 0.294 e. The van der Waals surface area contributed by atoms with Crippen LogP contribution in [0.1, 0.15) is 6.42 Å². The predicted molar refractivity (Wildman–Crippen MR) is 59.3 cm³/mol. The summed E-state index contributed by atoms with van der Waals surface area (Å²) in [4.78, 5) is 1.71. The molecule has 1 aromatic rings. The molecule has 6 heteroatoms. The molecule has 2 N–H and O–H groups in total. The Morgan fingerprint density at radius 3 is 2.76 bits per heavy atom. The third kappa shape index (κ3) is 2.26. The minimum Gasteiger partial charge on any atom is -0.294 e. The molecule has 0 amide bonds. The summed E-state index contributed by atoms with van der Waals surface area (Å²) in [5.74, 6) is -0.472. The molecule has 0 spiro atoms. The Bertz CT molecular complexity index is 496. The van der Waals surface area contributed by atoms with Crippen LogP contribution < -0.4 is 5.49 Å². The summed E-state index contributed by atoms with van der Waals surface area (Å²) in [6, 6.07) is 2.05. The van der Waals surface area contributed by atoms with Crippen molar-refractivity contribution >= 4 is 5.84 Å². The van der Waals surface area contributed by atoms with Crippen molar-refractivity contribution in [3.8, 4) is 0 Å². The fourth-order valence-electron chi connectivity index (χ4n) is 2.09. The first-order valence-corrected chi connectivity index (χ1v) is 5.35. The second-order valence-corrected chi connectivity index (χ2v) is 4.28. The van der Waals surface area contributed by atoms with Crippen molar-refractivity contribution in [1.82, 2.24) is 9.47 Å². The maximum Gasteiger partial charge on any atom is 0.140 e. The van der Waals surface area contributed by atoms with E-state index in [-0.39, 0.29) is 24.3 Å². The summed E-state index contributed by atoms with van der Waals surface area (Å²) in [5, 5.41) is 15.6. The van der Waals surface area contributed by atoms with E-state index in [9.17, 15) is 8.78 Å². The molecule has 0 bridgehead atoms. The zero-order chi connectivity index (χ0) is 12.6. The molecule has 1 aliphatic rings. The van der Waals surface area contributed by atoms with Gasteiger partial charge in [-0.2, -0.15) is 0 Å². The van der Waals surface area contributed by atoms with Crippen molar-refractivity contribution in [2.24, 2.45) is 0 Å². The van der Waals surface area contributed by atoms with Gasteiger partial charge in [0.2, 0.25) is 0 Å². The highest BCUT2D eigenvalue weighted by Gasteiger charge is 2.33. The highest BCUT2D eigenvalue weighted by molar-refractivity contribution is 5.86. The summed E-state index contributed by atoms with van der Waals surface area (Å²) in [7, 11) is 1.72. The fourth-order valence-corrected chi connectivity index (χ4v) is 2.09. The standard InChI is InChI=1S/C11H14F2N4/c1-16-5-8(13)4-9(16)11(15)17-6-7(12)2-3-10(17)14/h2-3,6,8-9,14-15H,4-5H2,1H3/t8-,9+/m1/s1. The lowest BCUT2D eigenvalue weighted by atomic mass is 10.2. The molecule has 1 aromatic heterocycles. The lowest BCUT2D eigenvalue weighted by molar-refractivity contribution is 0.314. The molecular weight excluding hydrogens is 226 g/mol. The third-order valence-electron chi connectivity index (χ3n) is 2.98. The van der Waals surface area contributed by atoms with Crippen LogP contribution in [0.25, 0.3) is 0 Å². The number of alkyl halides is 1. The first-order valence-electron chi connectivity index (χ1n) is 5.35. The average Bonchev–Trinajstić information content (AvgIpc) is 2.60. The summed E-state index contributed by atoms with van der Waals surface area (Å²) in [6.45, 7) is 0.274. The van der Waals surface area contributed by atoms with E-state index in [0.717, 1.165) is 10.8 Å². The van der Waals surface area contributed by atoms with Crippen LogP contribution in [0, 0.1) is 16.6 Å². The molecule has 2 heterocycles. The molecule has 0 aromatic carbocycles. The maximum atomic E-state index is 13.2. The van der Waals surface area contributed by atoms with Gasteiger partial charge in [0.05, 0.1) is 6.04 Å². The number of hydrogen-bond acceptors (Lipinski definition) is 3. The highest BCUT2D eigenvalue weighted by Crippen LogP contribution is 2.19. The Hall–Kier alpha value is -1.56. The molecule has 0 unspecified atom stereocenters. The zero-order valence-corrected chi connectivity index (χ0v) is 9.45. The second-order valence-electron chi connectivity index (χ2n) is 4.28. The van der Waals surface area contributed by atoms with Crippen molar-refractivity contribution < 1.29 is 8.78 Å². The maximum absolute atomic E-state index is 13.2. The van der Waals surface area contributed by atoms with Gasteiger partial charge in [0, 0.05) is 19.2 Å². The number of pyridine rings is 1. The molecule has 1 aliphatic heterocycles. The molecule has 1 saturated heterocycles. The van der Waals surface area contributed by atoms with Crippen LogP contribution in [0.5, 0.6) is 0 Å². The molecule has 2 atom stereocenters. The molecular formula is C11H14F2N4. The van der Waals surface area contributed by atoms with E-state index < -0.39 is 18.0 Å². The van der Waals surface area contributed by atoms with E-state index in [4.69, 9.17) is 10.8 Å². The predicted octanol–water partition coefficient (Wildman–Crippen LogP) is 0.974. The van der Waals surface area contributed by atoms with Gasteiger partial charge in [0.15, 0.2) is 0 Å². The van der Waals surface area contributed by atoms with Crippen LogP contribution >= 0.6 is 0 Å². The molecule has 4 nitrogen and oxygen atoms in total. The number of nitrogens with zero attached hydrogens (tertiary/aromatic N) is 2. The molecule has 2 rings (SSSR count). The molecule has 92 valence electrons. The summed E-state index contributed by atoms with van der Waals surface area (Å²) >= 11 is 0. The van der Waals surface area contributed by atoms with Crippen molar-refractivity contribution in [1.29, 1.82) is 10.8 Å². The van der Waals surface area contributed by atoms with Crippen LogP contribution in [-0.4, -0.2) is 41.1 Å². The summed E-state index contributed by atoms with van der Waals surface area (Å²) < 4.78 is 27.4. The zero-order valence-electron chi connectivity index (χ0n) is 9.45. The van der Waals surface area contributed by atoms with Gasteiger partial charge < -0.3 is 0 Å². The van der Waals surface area contributed by atoms with Gasteiger partial charge in [-0.3, -0.25) is 20.3 Å². The van der Waals surface area contributed by atoms with E-state index in [2.05, 4.69) is 0 Å². The topological polar surface area (TPSA) is 55.9 Å². The van der Waals surface area contributed by atoms with Gasteiger partial charge in [-0.25, -0.2) is 8.78 Å². The highest BCUT2D eigenvalue weighted by atomic mass is 19.1. The minimum atomic E-state index is -0.964. The Kier molecular flexibility index (Phi) is 3.06. The molecule has 0 saturated carbocycles. The Balaban J connectivity index is 2.31. The Morgan fingerprint density at radius 2 is 2.18 bits per heavy atom. The first kappa shape index (κ1) is 11.9. The molecule has 1 fully saturated rings. The van der Waals surface area contributed by atoms with E-state index >= 15 is 0 Å².